The Morgan fingerprint density at radius 1 is 0.421 bits per heavy atom. The molecule has 0 aromatic heterocycles. The van der Waals surface area contributed by atoms with E-state index in [2.05, 4.69) is 0 Å². The predicted octanol–water partition coefficient (Wildman–Crippen LogP) is 6.29. The lowest BCUT2D eigenvalue weighted by atomic mass is 9.85. The van der Waals surface area contributed by atoms with Gasteiger partial charge in [0.05, 0.1) is 11.4 Å². The van der Waals surface area contributed by atoms with Gasteiger partial charge in [0, 0.05) is 33.0 Å². The zero-order valence-corrected chi connectivity index (χ0v) is 22.1. The number of aryl methyl sites for hydroxylation is 6. The predicted molar refractivity (Wildman–Crippen MR) is 148 cm³/mol. The van der Waals surface area contributed by atoms with Gasteiger partial charge in [-0.25, -0.2) is 9.80 Å². The zero-order valence-electron chi connectivity index (χ0n) is 22.1. The Morgan fingerprint density at radius 2 is 0.658 bits per heavy atom. The zero-order chi connectivity index (χ0) is 27.2. The fraction of sp³-hybridized carbons (Fsp3) is 0.188. The van der Waals surface area contributed by atoms with E-state index in [-0.39, 0.29) is 0 Å². The van der Waals surface area contributed by atoms with Gasteiger partial charge in [-0.2, -0.15) is 0 Å². The van der Waals surface area contributed by atoms with Gasteiger partial charge in [-0.3, -0.25) is 19.2 Å². The summed E-state index contributed by atoms with van der Waals surface area (Å²) in [5, 5.41) is 0.736. The number of imide groups is 2. The highest BCUT2D eigenvalue weighted by molar-refractivity contribution is 6.42. The van der Waals surface area contributed by atoms with Crippen molar-refractivity contribution in [3.63, 3.8) is 0 Å². The molecule has 6 rings (SSSR count). The van der Waals surface area contributed by atoms with Gasteiger partial charge < -0.3 is 0 Å². The Bertz CT molecular complexity index is 1570. The van der Waals surface area contributed by atoms with Crippen LogP contribution < -0.4 is 9.80 Å². The third kappa shape index (κ3) is 3.06. The minimum absolute atomic E-state index is 0.302. The summed E-state index contributed by atoms with van der Waals surface area (Å²) in [6.07, 6.45) is 0. The van der Waals surface area contributed by atoms with Crippen LogP contribution in [0.2, 0.25) is 0 Å². The first-order valence-corrected chi connectivity index (χ1v) is 12.5. The van der Waals surface area contributed by atoms with Crippen molar-refractivity contribution in [2.75, 3.05) is 9.80 Å². The van der Waals surface area contributed by atoms with Crippen LogP contribution in [0.25, 0.3) is 10.8 Å². The SMILES string of the molecule is Cc1cc(C)c(N2C(=O)c3ccc4c5c(ccc(c35)C2=O)C(=O)N(c2c(C)cc(C)cc2C)C4=O)c(C)c1. The highest BCUT2D eigenvalue weighted by atomic mass is 16.2. The molecular formula is C32H26N2O4. The number of benzene rings is 4. The monoisotopic (exact) mass is 502 g/mol. The molecule has 188 valence electrons. The van der Waals surface area contributed by atoms with Crippen molar-refractivity contribution in [2.45, 2.75) is 41.5 Å². The lowest BCUT2D eigenvalue weighted by molar-refractivity contribution is 0.0872. The van der Waals surface area contributed by atoms with Crippen molar-refractivity contribution in [3.05, 3.63) is 104 Å². The Balaban J connectivity index is 1.57. The molecule has 0 aliphatic carbocycles. The second kappa shape index (κ2) is 7.96. The summed E-state index contributed by atoms with van der Waals surface area (Å²) < 4.78 is 0. The second-order valence-electron chi connectivity index (χ2n) is 10.5. The molecular weight excluding hydrogens is 476 g/mol. The minimum atomic E-state index is -0.464. The molecule has 6 heteroatoms. The third-order valence-electron chi connectivity index (χ3n) is 7.61. The molecule has 0 unspecified atom stereocenters. The fourth-order valence-electron chi connectivity index (χ4n) is 6.33. The van der Waals surface area contributed by atoms with Crippen molar-refractivity contribution >= 4 is 45.8 Å². The van der Waals surface area contributed by atoms with E-state index >= 15 is 0 Å². The van der Waals surface area contributed by atoms with Crippen LogP contribution in [0.15, 0.2) is 48.5 Å². The van der Waals surface area contributed by atoms with Crippen LogP contribution >= 0.6 is 0 Å². The van der Waals surface area contributed by atoms with Crippen molar-refractivity contribution in [1.82, 2.24) is 0 Å². The van der Waals surface area contributed by atoms with E-state index in [9.17, 15) is 19.2 Å². The van der Waals surface area contributed by atoms with Crippen molar-refractivity contribution in [3.8, 4) is 0 Å². The van der Waals surface area contributed by atoms with Gasteiger partial charge in [0.15, 0.2) is 0 Å². The number of anilines is 2. The molecule has 0 N–H and O–H groups in total. The standard InChI is InChI=1S/C32H26N2O4/c1-15-11-17(3)27(18(4)12-15)33-29(35)21-7-9-23-26-24(10-8-22(25(21)26)30(33)36)32(38)34(31(23)37)28-19(5)13-16(2)14-20(28)6/h7-14H,1-6H3. The lowest BCUT2D eigenvalue weighted by Crippen LogP contribution is -2.44. The van der Waals surface area contributed by atoms with Crippen molar-refractivity contribution in [2.24, 2.45) is 0 Å². The van der Waals surface area contributed by atoms with E-state index in [0.717, 1.165) is 33.4 Å². The molecule has 0 spiro atoms. The van der Waals surface area contributed by atoms with Crippen LogP contribution in [-0.4, -0.2) is 23.6 Å². The highest BCUT2D eigenvalue weighted by Crippen LogP contribution is 2.42. The summed E-state index contributed by atoms with van der Waals surface area (Å²) in [7, 11) is 0. The molecule has 0 radical (unpaired) electrons. The van der Waals surface area contributed by atoms with Crippen LogP contribution in [0.4, 0.5) is 11.4 Å². The van der Waals surface area contributed by atoms with Crippen LogP contribution in [0.1, 0.15) is 74.8 Å². The topological polar surface area (TPSA) is 74.8 Å². The maximum absolute atomic E-state index is 13.8. The molecule has 0 bridgehead atoms. The molecule has 2 aliphatic rings. The largest absolute Gasteiger partial charge is 0.268 e. The van der Waals surface area contributed by atoms with Crippen LogP contribution in [0.5, 0.6) is 0 Å². The fourth-order valence-corrected chi connectivity index (χ4v) is 6.33. The number of rotatable bonds is 2. The third-order valence-corrected chi connectivity index (χ3v) is 7.61. The second-order valence-corrected chi connectivity index (χ2v) is 10.5. The van der Waals surface area contributed by atoms with E-state index in [1.807, 2.05) is 65.8 Å². The maximum atomic E-state index is 13.8. The van der Waals surface area contributed by atoms with Gasteiger partial charge in [0.25, 0.3) is 23.6 Å². The van der Waals surface area contributed by atoms with E-state index in [4.69, 9.17) is 0 Å². The van der Waals surface area contributed by atoms with Crippen LogP contribution in [0, 0.1) is 41.5 Å². The minimum Gasteiger partial charge on any atom is -0.268 e. The lowest BCUT2D eigenvalue weighted by Gasteiger charge is -2.33. The van der Waals surface area contributed by atoms with E-state index < -0.39 is 23.6 Å². The summed E-state index contributed by atoms with van der Waals surface area (Å²) in [6.45, 7) is 11.5. The van der Waals surface area contributed by atoms with Crippen molar-refractivity contribution in [1.29, 1.82) is 0 Å². The van der Waals surface area contributed by atoms with Crippen LogP contribution in [-0.2, 0) is 0 Å². The molecule has 0 fully saturated rings. The van der Waals surface area contributed by atoms with Gasteiger partial charge in [-0.05, 0) is 88.1 Å². The Hall–Kier alpha value is -4.58. The summed E-state index contributed by atoms with van der Waals surface area (Å²) in [6, 6.07) is 14.2. The molecule has 4 amide bonds. The number of carbonyl (C=O) groups excluding carboxylic acids is 4. The molecule has 2 aliphatic heterocycles. The highest BCUT2D eigenvalue weighted by Gasteiger charge is 2.41. The first kappa shape index (κ1) is 23.8. The quantitative estimate of drug-likeness (QED) is 0.302. The van der Waals surface area contributed by atoms with E-state index in [1.165, 1.54) is 9.80 Å². The number of amides is 4. The summed E-state index contributed by atoms with van der Waals surface area (Å²) in [5.74, 6) is -1.86. The van der Waals surface area contributed by atoms with Gasteiger partial charge in [-0.1, -0.05) is 35.4 Å². The average Bonchev–Trinajstić information content (AvgIpc) is 2.84. The van der Waals surface area contributed by atoms with E-state index in [1.54, 1.807) is 24.3 Å². The van der Waals surface area contributed by atoms with Crippen molar-refractivity contribution < 1.29 is 19.2 Å². The molecule has 4 aromatic carbocycles. The molecule has 0 saturated heterocycles. The molecule has 0 atom stereocenters. The van der Waals surface area contributed by atoms with Gasteiger partial charge in [0.2, 0.25) is 0 Å². The molecule has 6 nitrogen and oxygen atoms in total. The maximum Gasteiger partial charge on any atom is 0.266 e. The van der Waals surface area contributed by atoms with Gasteiger partial charge in [-0.15, -0.1) is 0 Å². The number of hydrogen-bond donors (Lipinski definition) is 0. The van der Waals surface area contributed by atoms with Crippen LogP contribution in [0.3, 0.4) is 0 Å². The first-order chi connectivity index (χ1) is 18.0. The Labute approximate surface area is 220 Å². The number of nitrogens with zero attached hydrogens (tertiary/aromatic N) is 2. The summed E-state index contributed by atoms with van der Waals surface area (Å²) in [4.78, 5) is 57.8. The summed E-state index contributed by atoms with van der Waals surface area (Å²) in [5.41, 5.74) is 7.71. The Kier molecular flexibility index (Phi) is 4.98. The van der Waals surface area contributed by atoms with E-state index in [0.29, 0.717) is 44.4 Å². The smallest absolute Gasteiger partial charge is 0.266 e. The number of carbonyl (C=O) groups is 4. The van der Waals surface area contributed by atoms with Gasteiger partial charge >= 0.3 is 0 Å². The molecule has 0 saturated carbocycles. The molecule has 38 heavy (non-hydrogen) atoms. The Morgan fingerprint density at radius 3 is 0.895 bits per heavy atom. The number of hydrogen-bond acceptors (Lipinski definition) is 4. The molecule has 4 aromatic rings. The summed E-state index contributed by atoms with van der Waals surface area (Å²) >= 11 is 0. The normalized spacial score (nSPS) is 14.7. The molecule has 2 heterocycles. The van der Waals surface area contributed by atoms with Gasteiger partial charge in [0.1, 0.15) is 0 Å². The first-order valence-electron chi connectivity index (χ1n) is 12.5. The average molecular weight is 503 g/mol.